The number of carbonyl (C=O) groups is 2. The fourth-order valence-electron chi connectivity index (χ4n) is 0.878. The Morgan fingerprint density at radius 2 is 2.36 bits per heavy atom. The molecule has 0 saturated carbocycles. The Hall–Kier alpha value is -1.85. The molecule has 76 valence electrons. The fourth-order valence-corrected chi connectivity index (χ4v) is 0.878. The highest BCUT2D eigenvalue weighted by molar-refractivity contribution is 5.87. The van der Waals surface area contributed by atoms with Crippen LogP contribution in [0.4, 0.5) is 0 Å². The third-order valence-electron chi connectivity index (χ3n) is 1.58. The number of nitrogens with one attached hydrogen (secondary N) is 2. The maximum atomic E-state index is 10.8. The van der Waals surface area contributed by atoms with Crippen LogP contribution >= 0.6 is 0 Å². The highest BCUT2D eigenvalue weighted by Crippen LogP contribution is 2.08. The van der Waals surface area contributed by atoms with Crippen LogP contribution in [0, 0.1) is 6.92 Å². The van der Waals surface area contributed by atoms with E-state index in [2.05, 4.69) is 15.5 Å². The van der Waals surface area contributed by atoms with E-state index in [1.807, 2.05) is 0 Å². The molecule has 6 nitrogen and oxygen atoms in total. The van der Waals surface area contributed by atoms with E-state index in [9.17, 15) is 9.59 Å². The molecular formula is C8H11N3O3. The molecule has 0 aliphatic carbocycles. The minimum Gasteiger partial charge on any atom is -0.476 e. The maximum absolute atomic E-state index is 10.8. The summed E-state index contributed by atoms with van der Waals surface area (Å²) < 4.78 is 15.1. The summed E-state index contributed by atoms with van der Waals surface area (Å²) in [5, 5.41) is 16.5. The van der Waals surface area contributed by atoms with Crippen molar-refractivity contribution in [2.45, 2.75) is 20.3 Å². The first-order valence-corrected chi connectivity index (χ1v) is 3.83. The molecule has 0 unspecified atom stereocenters. The van der Waals surface area contributed by atoms with Crippen molar-refractivity contribution in [2.24, 2.45) is 0 Å². The number of carboxylic acid groups (broad SMARTS) is 1. The van der Waals surface area contributed by atoms with E-state index in [-0.39, 0.29) is 17.0 Å². The van der Waals surface area contributed by atoms with Crippen molar-refractivity contribution in [2.75, 3.05) is 0 Å². The molecule has 0 aliphatic heterocycles. The van der Waals surface area contributed by atoms with Gasteiger partial charge in [-0.3, -0.25) is 9.89 Å². The van der Waals surface area contributed by atoms with Gasteiger partial charge in [0.15, 0.2) is 5.69 Å². The predicted octanol–water partition coefficient (Wildman–Crippen LogP) is 0.0524. The number of aromatic carboxylic acids is 1. The topological polar surface area (TPSA) is 95.1 Å². The van der Waals surface area contributed by atoms with Crippen molar-refractivity contribution in [1.29, 1.82) is 0 Å². The van der Waals surface area contributed by atoms with Crippen molar-refractivity contribution in [3.63, 3.8) is 0 Å². The molecule has 1 amide bonds. The highest BCUT2D eigenvalue weighted by Gasteiger charge is 2.14. The molecule has 0 fully saturated rings. The van der Waals surface area contributed by atoms with E-state index < -0.39 is 18.4 Å². The van der Waals surface area contributed by atoms with Crippen molar-refractivity contribution >= 4 is 11.9 Å². The summed E-state index contributed by atoms with van der Waals surface area (Å²) in [6.45, 7) is 0.417. The minimum atomic E-state index is -2.17. The average Bonchev–Trinajstić information content (AvgIpc) is 2.44. The molecule has 0 spiro atoms. The molecule has 0 saturated heterocycles. The van der Waals surface area contributed by atoms with Crippen LogP contribution in [0.5, 0.6) is 0 Å². The summed E-state index contributed by atoms with van der Waals surface area (Å²) >= 11 is 0. The molecule has 6 heteroatoms. The number of aromatic amines is 1. The van der Waals surface area contributed by atoms with E-state index in [1.165, 1.54) is 13.8 Å². The second kappa shape index (κ2) is 3.91. The smallest absolute Gasteiger partial charge is 0.356 e. The SMILES string of the molecule is [2H]C([2H])(NC(C)=O)c1[nH]nc(C(=O)O)c1C. The van der Waals surface area contributed by atoms with Gasteiger partial charge in [-0.1, -0.05) is 0 Å². The molecular weight excluding hydrogens is 186 g/mol. The molecule has 1 heterocycles. The molecule has 0 atom stereocenters. The number of rotatable bonds is 3. The fraction of sp³-hybridized carbons (Fsp3) is 0.375. The number of hydrogen-bond donors (Lipinski definition) is 3. The summed E-state index contributed by atoms with van der Waals surface area (Å²) in [7, 11) is 0. The van der Waals surface area contributed by atoms with E-state index >= 15 is 0 Å². The Labute approximate surface area is 83.1 Å². The maximum Gasteiger partial charge on any atom is 0.356 e. The van der Waals surface area contributed by atoms with Gasteiger partial charge in [-0.05, 0) is 6.92 Å². The van der Waals surface area contributed by atoms with Gasteiger partial charge in [0.2, 0.25) is 5.91 Å². The van der Waals surface area contributed by atoms with Gasteiger partial charge in [0, 0.05) is 12.5 Å². The van der Waals surface area contributed by atoms with Gasteiger partial charge >= 0.3 is 5.97 Å². The second-order valence-electron chi connectivity index (χ2n) is 2.68. The van der Waals surface area contributed by atoms with Gasteiger partial charge in [0.1, 0.15) is 0 Å². The first-order valence-electron chi connectivity index (χ1n) is 4.83. The van der Waals surface area contributed by atoms with Crippen LogP contribution < -0.4 is 5.32 Å². The lowest BCUT2D eigenvalue weighted by Crippen LogP contribution is -2.19. The normalized spacial score (nSPS) is 13.0. The van der Waals surface area contributed by atoms with Crippen LogP contribution in [-0.4, -0.2) is 27.2 Å². The van der Waals surface area contributed by atoms with Gasteiger partial charge in [-0.2, -0.15) is 5.10 Å². The standard InChI is InChI=1S/C8H11N3O3/c1-4-6(3-9-5(2)12)10-11-7(4)8(13)14/h3H2,1-2H3,(H,9,12)(H,10,11)(H,13,14)/i3D2. The van der Waals surface area contributed by atoms with Gasteiger partial charge in [-0.15, -0.1) is 0 Å². The summed E-state index contributed by atoms with van der Waals surface area (Å²) in [6.07, 6.45) is 0. The average molecular weight is 199 g/mol. The number of carbonyl (C=O) groups excluding carboxylic acids is 1. The van der Waals surface area contributed by atoms with E-state index in [1.54, 1.807) is 0 Å². The number of nitrogens with zero attached hydrogens (tertiary/aromatic N) is 1. The Morgan fingerprint density at radius 1 is 1.71 bits per heavy atom. The third kappa shape index (κ3) is 2.09. The van der Waals surface area contributed by atoms with Crippen molar-refractivity contribution in [3.05, 3.63) is 17.0 Å². The van der Waals surface area contributed by atoms with Crippen LogP contribution in [0.3, 0.4) is 0 Å². The van der Waals surface area contributed by atoms with E-state index in [0.717, 1.165) is 0 Å². The summed E-state index contributed by atoms with van der Waals surface area (Å²) in [6, 6.07) is 0. The predicted molar refractivity (Wildman–Crippen MR) is 47.8 cm³/mol. The zero-order valence-corrected chi connectivity index (χ0v) is 7.71. The van der Waals surface area contributed by atoms with E-state index in [4.69, 9.17) is 7.85 Å². The van der Waals surface area contributed by atoms with Crippen LogP contribution in [0.25, 0.3) is 0 Å². The number of H-pyrrole nitrogens is 1. The molecule has 3 N–H and O–H groups in total. The Morgan fingerprint density at radius 3 is 2.79 bits per heavy atom. The lowest BCUT2D eigenvalue weighted by atomic mass is 10.2. The van der Waals surface area contributed by atoms with Gasteiger partial charge in [0.25, 0.3) is 0 Å². The van der Waals surface area contributed by atoms with Crippen LogP contribution in [0.1, 0.15) is 31.4 Å². The zero-order chi connectivity index (χ0) is 12.5. The van der Waals surface area contributed by atoms with Gasteiger partial charge in [-0.25, -0.2) is 4.79 Å². The molecule has 0 aromatic carbocycles. The molecule has 1 aromatic rings. The number of amides is 1. The van der Waals surface area contributed by atoms with Gasteiger partial charge < -0.3 is 10.4 Å². The summed E-state index contributed by atoms with van der Waals surface area (Å²) in [5.41, 5.74) is -0.171. The Bertz CT molecular complexity index is 442. The second-order valence-corrected chi connectivity index (χ2v) is 2.68. The number of aromatic nitrogens is 2. The first kappa shape index (κ1) is 7.54. The highest BCUT2D eigenvalue weighted by atomic mass is 16.4. The van der Waals surface area contributed by atoms with Gasteiger partial charge in [0.05, 0.1) is 14.9 Å². The van der Waals surface area contributed by atoms with Crippen molar-refractivity contribution < 1.29 is 17.4 Å². The minimum absolute atomic E-state index is 0.0694. The Balaban J connectivity index is 3.14. The molecule has 1 aromatic heterocycles. The lowest BCUT2D eigenvalue weighted by Gasteiger charge is -1.99. The van der Waals surface area contributed by atoms with E-state index in [0.29, 0.717) is 0 Å². The Kier molecular flexibility index (Phi) is 2.10. The molecule has 1 rings (SSSR count). The first-order chi connectivity index (χ1) is 7.25. The lowest BCUT2D eigenvalue weighted by molar-refractivity contribution is -0.119. The zero-order valence-electron chi connectivity index (χ0n) is 9.71. The van der Waals surface area contributed by atoms with Crippen molar-refractivity contribution in [1.82, 2.24) is 15.5 Å². The third-order valence-corrected chi connectivity index (χ3v) is 1.58. The molecule has 14 heavy (non-hydrogen) atoms. The van der Waals surface area contributed by atoms with Crippen LogP contribution in [-0.2, 0) is 11.3 Å². The summed E-state index contributed by atoms with van der Waals surface area (Å²) in [5.74, 6) is -1.81. The molecule has 0 radical (unpaired) electrons. The molecule has 0 aliphatic rings. The van der Waals surface area contributed by atoms with Crippen LogP contribution in [0.2, 0.25) is 0 Å². The largest absolute Gasteiger partial charge is 0.476 e. The van der Waals surface area contributed by atoms with Crippen molar-refractivity contribution in [3.8, 4) is 0 Å². The number of carboxylic acids is 1. The van der Waals surface area contributed by atoms with Crippen LogP contribution in [0.15, 0.2) is 0 Å². The quantitative estimate of drug-likeness (QED) is 0.641. The molecule has 0 bridgehead atoms. The summed E-state index contributed by atoms with van der Waals surface area (Å²) in [4.78, 5) is 21.5. The number of hydrogen-bond acceptors (Lipinski definition) is 3. The monoisotopic (exact) mass is 199 g/mol.